The number of hydrogen-bond acceptors (Lipinski definition) is 3. The van der Waals surface area contributed by atoms with Gasteiger partial charge >= 0.3 is 0 Å². The van der Waals surface area contributed by atoms with E-state index in [1.54, 1.807) is 0 Å². The third-order valence-electron chi connectivity index (χ3n) is 3.39. The predicted octanol–water partition coefficient (Wildman–Crippen LogP) is 2.54. The van der Waals surface area contributed by atoms with Crippen molar-refractivity contribution in [2.45, 2.75) is 29.9 Å². The Bertz CT molecular complexity index is 378. The average molecular weight is 235 g/mol. The first kappa shape index (κ1) is 10.5. The fourth-order valence-electron chi connectivity index (χ4n) is 2.39. The van der Waals surface area contributed by atoms with E-state index in [0.717, 1.165) is 17.4 Å². The van der Waals surface area contributed by atoms with Crippen LogP contribution in [0.1, 0.15) is 12.8 Å². The number of benzene rings is 1. The monoisotopic (exact) mass is 235 g/mol. The third-order valence-corrected chi connectivity index (χ3v) is 4.54. The summed E-state index contributed by atoms with van der Waals surface area (Å²) < 4.78 is 6.10. The smallest absolute Gasteiger partial charge is 0.133 e. The Morgan fingerprint density at radius 3 is 2.94 bits per heavy atom. The topological polar surface area (TPSA) is 21.3 Å². The van der Waals surface area contributed by atoms with Crippen molar-refractivity contribution in [3.8, 4) is 5.75 Å². The molecule has 3 heteroatoms. The van der Waals surface area contributed by atoms with E-state index in [9.17, 15) is 0 Å². The van der Waals surface area contributed by atoms with Crippen LogP contribution < -0.4 is 10.1 Å². The summed E-state index contributed by atoms with van der Waals surface area (Å²) in [7, 11) is 2.05. The standard InChI is InChI=1S/C13H17NOS/c1-14-13(9-6-7-9)11-8-16-12-5-3-2-4-10(12)15-11/h2-5,9,11,13-14H,6-8H2,1H3. The van der Waals surface area contributed by atoms with E-state index in [-0.39, 0.29) is 0 Å². The van der Waals surface area contributed by atoms with E-state index in [2.05, 4.69) is 30.6 Å². The number of para-hydroxylation sites is 1. The van der Waals surface area contributed by atoms with Crippen LogP contribution in [-0.4, -0.2) is 24.9 Å². The zero-order chi connectivity index (χ0) is 11.0. The number of nitrogens with one attached hydrogen (secondary N) is 1. The lowest BCUT2D eigenvalue weighted by Crippen LogP contribution is -2.45. The van der Waals surface area contributed by atoms with Gasteiger partial charge < -0.3 is 10.1 Å². The lowest BCUT2D eigenvalue weighted by molar-refractivity contribution is 0.159. The first-order valence-electron chi connectivity index (χ1n) is 5.94. The van der Waals surface area contributed by atoms with Crippen LogP contribution in [0.3, 0.4) is 0 Å². The van der Waals surface area contributed by atoms with Gasteiger partial charge in [-0.1, -0.05) is 12.1 Å². The third kappa shape index (κ3) is 1.94. The summed E-state index contributed by atoms with van der Waals surface area (Å²) >= 11 is 1.92. The average Bonchev–Trinajstić information content (AvgIpc) is 3.14. The van der Waals surface area contributed by atoms with Crippen molar-refractivity contribution in [1.82, 2.24) is 5.32 Å². The van der Waals surface area contributed by atoms with Gasteiger partial charge in [0, 0.05) is 16.7 Å². The van der Waals surface area contributed by atoms with Crippen molar-refractivity contribution in [3.05, 3.63) is 24.3 Å². The molecule has 1 N–H and O–H groups in total. The molecule has 0 amide bonds. The Morgan fingerprint density at radius 2 is 2.19 bits per heavy atom. The molecule has 16 heavy (non-hydrogen) atoms. The van der Waals surface area contributed by atoms with Gasteiger partial charge in [-0.3, -0.25) is 0 Å². The zero-order valence-corrected chi connectivity index (χ0v) is 10.3. The zero-order valence-electron chi connectivity index (χ0n) is 9.48. The Hall–Kier alpha value is -0.670. The molecule has 86 valence electrons. The maximum Gasteiger partial charge on any atom is 0.133 e. The highest BCUT2D eigenvalue weighted by molar-refractivity contribution is 7.99. The van der Waals surface area contributed by atoms with E-state index < -0.39 is 0 Å². The number of hydrogen-bond donors (Lipinski definition) is 1. The van der Waals surface area contributed by atoms with Gasteiger partial charge in [-0.2, -0.15) is 0 Å². The first-order chi connectivity index (χ1) is 7.88. The molecule has 1 heterocycles. The highest BCUT2D eigenvalue weighted by atomic mass is 32.2. The largest absolute Gasteiger partial charge is 0.487 e. The van der Waals surface area contributed by atoms with Crippen molar-refractivity contribution in [2.75, 3.05) is 12.8 Å². The van der Waals surface area contributed by atoms with E-state index in [4.69, 9.17) is 4.74 Å². The molecule has 1 fully saturated rings. The number of likely N-dealkylation sites (N-methyl/N-ethyl adjacent to an activating group) is 1. The summed E-state index contributed by atoms with van der Waals surface area (Å²) in [5.74, 6) is 2.96. The minimum atomic E-state index is 0.331. The van der Waals surface area contributed by atoms with Crippen molar-refractivity contribution in [2.24, 2.45) is 5.92 Å². The highest BCUT2D eigenvalue weighted by Crippen LogP contribution is 2.40. The molecule has 3 rings (SSSR count). The quantitative estimate of drug-likeness (QED) is 0.870. The molecule has 0 saturated heterocycles. The molecule has 0 spiro atoms. The van der Waals surface area contributed by atoms with Gasteiger partial charge in [0.1, 0.15) is 11.9 Å². The van der Waals surface area contributed by atoms with E-state index in [0.29, 0.717) is 12.1 Å². The maximum absolute atomic E-state index is 6.10. The minimum absolute atomic E-state index is 0.331. The first-order valence-corrected chi connectivity index (χ1v) is 6.93. The fourth-order valence-corrected chi connectivity index (χ4v) is 3.45. The van der Waals surface area contributed by atoms with Crippen LogP contribution in [0.2, 0.25) is 0 Å². The second-order valence-corrected chi connectivity index (χ2v) is 5.63. The van der Waals surface area contributed by atoms with E-state index in [1.807, 2.05) is 17.8 Å². The van der Waals surface area contributed by atoms with Crippen LogP contribution in [0.15, 0.2) is 29.2 Å². The number of thioether (sulfide) groups is 1. The molecule has 1 aromatic rings. The maximum atomic E-state index is 6.10. The second kappa shape index (κ2) is 4.30. The van der Waals surface area contributed by atoms with Crippen LogP contribution in [0.25, 0.3) is 0 Å². The summed E-state index contributed by atoms with van der Waals surface area (Å²) in [4.78, 5) is 1.28. The fraction of sp³-hybridized carbons (Fsp3) is 0.538. The summed E-state index contributed by atoms with van der Waals surface area (Å²) in [6.07, 6.45) is 3.05. The second-order valence-electron chi connectivity index (χ2n) is 4.57. The molecule has 2 aliphatic rings. The van der Waals surface area contributed by atoms with Gasteiger partial charge in [0.15, 0.2) is 0 Å². The molecule has 2 atom stereocenters. The number of ether oxygens (including phenoxy) is 1. The van der Waals surface area contributed by atoms with Gasteiger partial charge in [-0.05, 0) is 37.9 Å². The lowest BCUT2D eigenvalue weighted by Gasteiger charge is -2.31. The molecule has 1 aliphatic carbocycles. The predicted molar refractivity (Wildman–Crippen MR) is 67.2 cm³/mol. The van der Waals surface area contributed by atoms with Gasteiger partial charge in [0.05, 0.1) is 0 Å². The molecule has 1 aliphatic heterocycles. The normalized spacial score (nSPS) is 25.7. The Balaban J connectivity index is 1.76. The van der Waals surface area contributed by atoms with Gasteiger partial charge in [-0.15, -0.1) is 11.8 Å². The molecule has 2 unspecified atom stereocenters. The van der Waals surface area contributed by atoms with Crippen molar-refractivity contribution >= 4 is 11.8 Å². The Kier molecular flexibility index (Phi) is 2.82. The molecule has 1 aromatic carbocycles. The molecule has 1 saturated carbocycles. The molecule has 0 aromatic heterocycles. The summed E-state index contributed by atoms with van der Waals surface area (Å²) in [5, 5.41) is 3.43. The van der Waals surface area contributed by atoms with Crippen LogP contribution in [-0.2, 0) is 0 Å². The summed E-state index contributed by atoms with van der Waals surface area (Å²) in [5.41, 5.74) is 0. The van der Waals surface area contributed by atoms with Crippen LogP contribution in [0.4, 0.5) is 0 Å². The SMILES string of the molecule is CNC(C1CC1)C1CSc2ccccc2O1. The van der Waals surface area contributed by atoms with Gasteiger partial charge in [0.25, 0.3) is 0 Å². The van der Waals surface area contributed by atoms with E-state index in [1.165, 1.54) is 17.7 Å². The molecular weight excluding hydrogens is 218 g/mol. The lowest BCUT2D eigenvalue weighted by atomic mass is 10.1. The Labute approximate surface area is 101 Å². The van der Waals surface area contributed by atoms with Crippen molar-refractivity contribution in [3.63, 3.8) is 0 Å². The van der Waals surface area contributed by atoms with Crippen LogP contribution >= 0.6 is 11.8 Å². The van der Waals surface area contributed by atoms with Crippen molar-refractivity contribution in [1.29, 1.82) is 0 Å². The van der Waals surface area contributed by atoms with Gasteiger partial charge in [0.2, 0.25) is 0 Å². The van der Waals surface area contributed by atoms with Crippen LogP contribution in [0.5, 0.6) is 5.75 Å². The summed E-state index contributed by atoms with van der Waals surface area (Å²) in [6.45, 7) is 0. The van der Waals surface area contributed by atoms with Crippen molar-refractivity contribution < 1.29 is 4.74 Å². The molecular formula is C13H17NOS. The van der Waals surface area contributed by atoms with Crippen LogP contribution in [0, 0.1) is 5.92 Å². The Morgan fingerprint density at radius 1 is 1.38 bits per heavy atom. The number of fused-ring (bicyclic) bond motifs is 1. The molecule has 0 radical (unpaired) electrons. The minimum Gasteiger partial charge on any atom is -0.487 e. The van der Waals surface area contributed by atoms with E-state index >= 15 is 0 Å². The van der Waals surface area contributed by atoms with Gasteiger partial charge in [-0.25, -0.2) is 0 Å². The number of rotatable bonds is 3. The molecule has 2 nitrogen and oxygen atoms in total. The summed E-state index contributed by atoms with van der Waals surface area (Å²) in [6, 6.07) is 8.87. The molecule has 0 bridgehead atoms. The highest BCUT2D eigenvalue weighted by Gasteiger charge is 2.38.